The molecule has 0 rings (SSSR count). The van der Waals surface area contributed by atoms with Gasteiger partial charge < -0.3 is 14.2 Å². The van der Waals surface area contributed by atoms with Crippen LogP contribution in [-0.4, -0.2) is 37.2 Å². The average molecular weight is 835 g/mol. The van der Waals surface area contributed by atoms with Gasteiger partial charge in [0.15, 0.2) is 6.10 Å². The van der Waals surface area contributed by atoms with Gasteiger partial charge in [-0.3, -0.25) is 14.4 Å². The predicted octanol–water partition coefficient (Wildman–Crippen LogP) is 16.0. The first kappa shape index (κ1) is 56.6. The van der Waals surface area contributed by atoms with Crippen LogP contribution in [0.3, 0.4) is 0 Å². The summed E-state index contributed by atoms with van der Waals surface area (Å²) in [5.74, 6) is -1.01. The maximum atomic E-state index is 12.7. The monoisotopic (exact) mass is 835 g/mol. The zero-order valence-corrected chi connectivity index (χ0v) is 38.9. The van der Waals surface area contributed by atoms with E-state index in [1.165, 1.54) is 70.6 Å². The molecule has 0 amide bonds. The van der Waals surface area contributed by atoms with Gasteiger partial charge in [0.2, 0.25) is 0 Å². The molecule has 0 bridgehead atoms. The molecule has 6 heteroatoms. The second kappa shape index (κ2) is 48.3. The minimum absolute atomic E-state index is 0.110. The van der Waals surface area contributed by atoms with Crippen molar-refractivity contribution in [1.82, 2.24) is 0 Å². The van der Waals surface area contributed by atoms with Gasteiger partial charge in [-0.1, -0.05) is 189 Å². The Balaban J connectivity index is 4.47. The quantitative estimate of drug-likeness (QED) is 0.0200. The highest BCUT2D eigenvalue weighted by molar-refractivity contribution is 5.71. The fourth-order valence-electron chi connectivity index (χ4n) is 6.46. The number of hydrogen-bond donors (Lipinski definition) is 0. The Hall–Kier alpha value is -3.41. The molecule has 0 spiro atoms. The van der Waals surface area contributed by atoms with E-state index >= 15 is 0 Å². The molecule has 0 aliphatic heterocycles. The Morgan fingerprint density at radius 3 is 1.25 bits per heavy atom. The fourth-order valence-corrected chi connectivity index (χ4v) is 6.46. The minimum atomic E-state index is -0.812. The number of carbonyl (C=O) groups excluding carboxylic acids is 3. The second-order valence-electron chi connectivity index (χ2n) is 16.0. The normalized spacial score (nSPS) is 12.8. The second-order valence-corrected chi connectivity index (χ2v) is 16.0. The summed E-state index contributed by atoms with van der Waals surface area (Å²) < 4.78 is 16.7. The van der Waals surface area contributed by atoms with Gasteiger partial charge in [-0.25, -0.2) is 0 Å². The molecule has 342 valence electrons. The zero-order valence-electron chi connectivity index (χ0n) is 38.9. The molecule has 0 aromatic rings. The standard InChI is InChI=1S/C54H90O6/c1-4-7-10-13-16-19-22-24-25-26-27-28-30-32-35-38-41-44-47-53(56)59-50-51(49-58-52(55)46-43-40-37-34-31-21-18-15-12-9-6-3)60-54(57)48-45-42-39-36-33-29-23-20-17-14-11-8-5-2/h9,12,18,21-22,24-29,33-34,37,51H,4-8,10-11,13-17,19-20,23,30-32,35-36,38-50H2,1-3H3/b12-9-,21-18-,24-22-,26-25-,28-27-,33-29-,37-34-. The highest BCUT2D eigenvalue weighted by Crippen LogP contribution is 2.12. The summed E-state index contributed by atoms with van der Waals surface area (Å²) in [7, 11) is 0. The van der Waals surface area contributed by atoms with Gasteiger partial charge in [0.1, 0.15) is 13.2 Å². The highest BCUT2D eigenvalue weighted by Gasteiger charge is 2.19. The van der Waals surface area contributed by atoms with Crippen LogP contribution in [0.2, 0.25) is 0 Å². The van der Waals surface area contributed by atoms with Gasteiger partial charge in [-0.2, -0.15) is 0 Å². The first-order valence-electron chi connectivity index (χ1n) is 24.6. The smallest absolute Gasteiger partial charge is 0.306 e. The molecule has 0 saturated carbocycles. The van der Waals surface area contributed by atoms with Gasteiger partial charge in [-0.15, -0.1) is 0 Å². The van der Waals surface area contributed by atoms with Crippen molar-refractivity contribution in [3.63, 3.8) is 0 Å². The molecule has 0 radical (unpaired) electrons. The summed E-state index contributed by atoms with van der Waals surface area (Å²) >= 11 is 0. The Bertz CT molecular complexity index is 1190. The predicted molar refractivity (Wildman–Crippen MR) is 256 cm³/mol. The van der Waals surface area contributed by atoms with E-state index in [9.17, 15) is 14.4 Å². The number of allylic oxidation sites excluding steroid dienone is 14. The third-order valence-corrected chi connectivity index (χ3v) is 10.2. The van der Waals surface area contributed by atoms with Crippen LogP contribution >= 0.6 is 0 Å². The van der Waals surface area contributed by atoms with Crippen LogP contribution in [0, 0.1) is 0 Å². The van der Waals surface area contributed by atoms with E-state index in [1.807, 2.05) is 0 Å². The molecule has 60 heavy (non-hydrogen) atoms. The lowest BCUT2D eigenvalue weighted by Gasteiger charge is -2.18. The van der Waals surface area contributed by atoms with Crippen molar-refractivity contribution in [2.45, 2.75) is 226 Å². The molecule has 0 N–H and O–H groups in total. The van der Waals surface area contributed by atoms with Crippen molar-refractivity contribution >= 4 is 17.9 Å². The Morgan fingerprint density at radius 2 is 0.733 bits per heavy atom. The number of hydrogen-bond acceptors (Lipinski definition) is 6. The maximum Gasteiger partial charge on any atom is 0.306 e. The minimum Gasteiger partial charge on any atom is -0.462 e. The molecule has 0 aliphatic carbocycles. The maximum absolute atomic E-state index is 12.7. The van der Waals surface area contributed by atoms with E-state index in [-0.39, 0.29) is 37.5 Å². The molecular formula is C54H90O6. The molecule has 0 aromatic heterocycles. The summed E-state index contributed by atoms with van der Waals surface area (Å²) in [6.45, 7) is 6.40. The highest BCUT2D eigenvalue weighted by atomic mass is 16.6. The van der Waals surface area contributed by atoms with Crippen LogP contribution in [0.15, 0.2) is 85.1 Å². The van der Waals surface area contributed by atoms with Crippen molar-refractivity contribution in [1.29, 1.82) is 0 Å². The first-order valence-corrected chi connectivity index (χ1v) is 24.6. The van der Waals surface area contributed by atoms with Gasteiger partial charge >= 0.3 is 17.9 Å². The average Bonchev–Trinajstić information content (AvgIpc) is 3.24. The molecule has 0 heterocycles. The van der Waals surface area contributed by atoms with Crippen molar-refractivity contribution in [2.75, 3.05) is 13.2 Å². The number of unbranched alkanes of at least 4 members (excludes halogenated alkanes) is 20. The Labute approximate surface area is 369 Å². The number of rotatable bonds is 43. The van der Waals surface area contributed by atoms with Gasteiger partial charge in [0.05, 0.1) is 0 Å². The summed E-state index contributed by atoms with van der Waals surface area (Å²) in [4.78, 5) is 37.8. The van der Waals surface area contributed by atoms with Gasteiger partial charge in [0.25, 0.3) is 0 Å². The molecule has 1 atom stereocenters. The molecule has 0 fully saturated rings. The lowest BCUT2D eigenvalue weighted by atomic mass is 10.1. The van der Waals surface area contributed by atoms with E-state index in [0.717, 1.165) is 103 Å². The third-order valence-electron chi connectivity index (χ3n) is 10.2. The van der Waals surface area contributed by atoms with Crippen LogP contribution in [0.25, 0.3) is 0 Å². The van der Waals surface area contributed by atoms with Crippen LogP contribution < -0.4 is 0 Å². The molecule has 1 unspecified atom stereocenters. The zero-order chi connectivity index (χ0) is 43.7. The third kappa shape index (κ3) is 45.7. The van der Waals surface area contributed by atoms with Crippen LogP contribution in [-0.2, 0) is 28.6 Å². The van der Waals surface area contributed by atoms with Gasteiger partial charge in [-0.05, 0) is 96.3 Å². The number of ether oxygens (including phenoxy) is 3. The largest absolute Gasteiger partial charge is 0.462 e. The SMILES string of the molecule is CC/C=C\C/C=C\C/C=C\CCCC(=O)OCC(COC(=O)CCCCCCC\C=C/C=C\C=C/CCCCCCC)OC(=O)CCCCC/C=C\CCCCCCCC. The molecular weight excluding hydrogens is 745 g/mol. The lowest BCUT2D eigenvalue weighted by molar-refractivity contribution is -0.167. The topological polar surface area (TPSA) is 78.9 Å². The van der Waals surface area contributed by atoms with Crippen molar-refractivity contribution in [3.05, 3.63) is 85.1 Å². The van der Waals surface area contributed by atoms with Crippen molar-refractivity contribution < 1.29 is 28.6 Å². The summed E-state index contributed by atoms with van der Waals surface area (Å²) in [6, 6.07) is 0. The van der Waals surface area contributed by atoms with Crippen LogP contribution in [0.4, 0.5) is 0 Å². The van der Waals surface area contributed by atoms with Crippen LogP contribution in [0.5, 0.6) is 0 Å². The first-order chi connectivity index (χ1) is 29.5. The van der Waals surface area contributed by atoms with E-state index in [4.69, 9.17) is 14.2 Å². The summed E-state index contributed by atoms with van der Waals surface area (Å²) in [6.07, 6.45) is 61.5. The van der Waals surface area contributed by atoms with E-state index in [2.05, 4.69) is 106 Å². The van der Waals surface area contributed by atoms with E-state index in [0.29, 0.717) is 19.3 Å². The molecule has 0 aromatic carbocycles. The number of esters is 3. The lowest BCUT2D eigenvalue weighted by Crippen LogP contribution is -2.30. The summed E-state index contributed by atoms with van der Waals surface area (Å²) in [5, 5.41) is 0. The van der Waals surface area contributed by atoms with Crippen molar-refractivity contribution in [2.24, 2.45) is 0 Å². The molecule has 0 aliphatic rings. The Kier molecular flexibility index (Phi) is 45.5. The molecule has 0 saturated heterocycles. The van der Waals surface area contributed by atoms with Gasteiger partial charge in [0, 0.05) is 19.3 Å². The van der Waals surface area contributed by atoms with E-state index in [1.54, 1.807) is 0 Å². The fraction of sp³-hybridized carbons (Fsp3) is 0.685. The van der Waals surface area contributed by atoms with E-state index < -0.39 is 6.10 Å². The Morgan fingerprint density at radius 1 is 0.367 bits per heavy atom. The van der Waals surface area contributed by atoms with Crippen LogP contribution in [0.1, 0.15) is 220 Å². The molecule has 6 nitrogen and oxygen atoms in total. The van der Waals surface area contributed by atoms with Crippen molar-refractivity contribution in [3.8, 4) is 0 Å². The summed E-state index contributed by atoms with van der Waals surface area (Å²) in [5.41, 5.74) is 0. The number of carbonyl (C=O) groups is 3.